The summed E-state index contributed by atoms with van der Waals surface area (Å²) >= 11 is 1.08. The van der Waals surface area contributed by atoms with Crippen molar-refractivity contribution in [1.29, 1.82) is 0 Å². The van der Waals surface area contributed by atoms with Gasteiger partial charge < -0.3 is 0 Å². The van der Waals surface area contributed by atoms with Gasteiger partial charge in [0.15, 0.2) is 0 Å². The summed E-state index contributed by atoms with van der Waals surface area (Å²) in [5, 5.41) is 1.64. The lowest BCUT2D eigenvalue weighted by Gasteiger charge is -1.81. The van der Waals surface area contributed by atoms with Crippen LogP contribution in [0.3, 0.4) is 0 Å². The van der Waals surface area contributed by atoms with Gasteiger partial charge in [-0.25, -0.2) is 0 Å². The molecule has 0 fully saturated rings. The van der Waals surface area contributed by atoms with Crippen molar-refractivity contribution in [2.45, 2.75) is 0 Å². The SMILES string of the molecule is FB(F)c1cccs1. The van der Waals surface area contributed by atoms with Crippen LogP contribution in [0.15, 0.2) is 17.5 Å². The summed E-state index contributed by atoms with van der Waals surface area (Å²) in [4.78, 5) is 0. The average molecular weight is 132 g/mol. The molecule has 1 aromatic rings. The molecule has 0 bridgehead atoms. The van der Waals surface area contributed by atoms with Crippen molar-refractivity contribution in [1.82, 2.24) is 0 Å². The molecule has 0 saturated heterocycles. The predicted molar refractivity (Wildman–Crippen MR) is 31.9 cm³/mol. The van der Waals surface area contributed by atoms with E-state index in [1.165, 1.54) is 6.07 Å². The van der Waals surface area contributed by atoms with Crippen molar-refractivity contribution in [3.8, 4) is 0 Å². The van der Waals surface area contributed by atoms with E-state index in [4.69, 9.17) is 0 Å². The average Bonchev–Trinajstić information content (AvgIpc) is 2.12. The van der Waals surface area contributed by atoms with Crippen molar-refractivity contribution in [3.63, 3.8) is 0 Å². The van der Waals surface area contributed by atoms with Crippen LogP contribution in [0, 0.1) is 0 Å². The third-order valence-corrected chi connectivity index (χ3v) is 1.64. The second-order valence-corrected chi connectivity index (χ2v) is 2.30. The first-order valence-corrected chi connectivity index (χ1v) is 3.00. The van der Waals surface area contributed by atoms with Gasteiger partial charge in [0.05, 0.1) is 0 Å². The first kappa shape index (κ1) is 5.76. The van der Waals surface area contributed by atoms with E-state index in [9.17, 15) is 8.63 Å². The molecule has 0 aliphatic rings. The van der Waals surface area contributed by atoms with Crippen LogP contribution in [-0.2, 0) is 0 Å². The molecule has 0 amide bonds. The highest BCUT2D eigenvalue weighted by Crippen LogP contribution is 1.97. The Hall–Kier alpha value is -0.375. The van der Waals surface area contributed by atoms with Gasteiger partial charge in [-0.1, -0.05) is 12.1 Å². The number of halogens is 2. The maximum Gasteiger partial charge on any atom is 0.582 e. The molecule has 0 aliphatic carbocycles. The zero-order chi connectivity index (χ0) is 5.98. The number of thiophene rings is 1. The van der Waals surface area contributed by atoms with Crippen molar-refractivity contribution < 1.29 is 8.63 Å². The van der Waals surface area contributed by atoms with E-state index in [1.54, 1.807) is 11.4 Å². The molecular weight excluding hydrogens is 129 g/mol. The quantitative estimate of drug-likeness (QED) is 0.506. The third kappa shape index (κ3) is 1.07. The van der Waals surface area contributed by atoms with E-state index < -0.39 is 7.27 Å². The minimum atomic E-state index is -2.30. The summed E-state index contributed by atoms with van der Waals surface area (Å²) in [7, 11) is -2.30. The molecule has 0 spiro atoms. The molecule has 0 aromatic carbocycles. The van der Waals surface area contributed by atoms with Crippen LogP contribution < -0.4 is 4.78 Å². The standard InChI is InChI=1S/C4H3BF2S/c6-5(7)4-2-1-3-8-4/h1-3H. The fourth-order valence-electron chi connectivity index (χ4n) is 0.415. The van der Waals surface area contributed by atoms with Crippen molar-refractivity contribution in [2.24, 2.45) is 0 Å². The second-order valence-electron chi connectivity index (χ2n) is 1.32. The normalized spacial score (nSPS) is 9.25. The lowest BCUT2D eigenvalue weighted by atomic mass is 9.97. The fourth-order valence-corrected chi connectivity index (χ4v) is 0.990. The maximum atomic E-state index is 11.6. The van der Waals surface area contributed by atoms with E-state index in [-0.39, 0.29) is 4.78 Å². The summed E-state index contributed by atoms with van der Waals surface area (Å²) in [5.74, 6) is 0. The molecule has 0 N–H and O–H groups in total. The Morgan fingerprint density at radius 1 is 1.50 bits per heavy atom. The topological polar surface area (TPSA) is 0 Å². The molecule has 1 rings (SSSR count). The molecule has 0 atom stereocenters. The lowest BCUT2D eigenvalue weighted by molar-refractivity contribution is 0.686. The van der Waals surface area contributed by atoms with E-state index in [0.29, 0.717) is 0 Å². The van der Waals surface area contributed by atoms with Gasteiger partial charge in [-0.05, 0) is 5.38 Å². The van der Waals surface area contributed by atoms with Gasteiger partial charge in [-0.2, -0.15) is 11.3 Å². The highest BCUT2D eigenvalue weighted by molar-refractivity contribution is 7.20. The largest absolute Gasteiger partial charge is 0.582 e. The van der Waals surface area contributed by atoms with Crippen LogP contribution in [0.25, 0.3) is 0 Å². The van der Waals surface area contributed by atoms with Crippen LogP contribution in [0.2, 0.25) is 0 Å². The number of hydrogen-bond acceptors (Lipinski definition) is 1. The summed E-state index contributed by atoms with van der Waals surface area (Å²) in [6.07, 6.45) is 0. The number of rotatable bonds is 1. The molecule has 1 aromatic heterocycles. The maximum absolute atomic E-state index is 11.6. The fraction of sp³-hybridized carbons (Fsp3) is 0. The molecule has 0 radical (unpaired) electrons. The Balaban J connectivity index is 2.77. The van der Waals surface area contributed by atoms with Crippen LogP contribution in [-0.4, -0.2) is 7.27 Å². The van der Waals surface area contributed by atoms with Crippen LogP contribution in [0.1, 0.15) is 0 Å². The minimum Gasteiger partial charge on any atom is -0.280 e. The van der Waals surface area contributed by atoms with E-state index in [1.807, 2.05) is 0 Å². The summed E-state index contributed by atoms with van der Waals surface area (Å²) in [6.45, 7) is 0. The first-order chi connectivity index (χ1) is 3.80. The Bertz CT molecular complexity index is 149. The molecule has 4 heteroatoms. The van der Waals surface area contributed by atoms with Gasteiger partial charge in [-0.15, -0.1) is 0 Å². The Labute approximate surface area is 50.3 Å². The van der Waals surface area contributed by atoms with E-state index >= 15 is 0 Å². The van der Waals surface area contributed by atoms with E-state index in [2.05, 4.69) is 0 Å². The summed E-state index contributed by atoms with van der Waals surface area (Å²) in [5.41, 5.74) is 0. The zero-order valence-corrected chi connectivity index (χ0v) is 4.79. The molecule has 1 heterocycles. The van der Waals surface area contributed by atoms with Gasteiger partial charge >= 0.3 is 7.27 Å². The third-order valence-electron chi connectivity index (χ3n) is 0.758. The van der Waals surface area contributed by atoms with Gasteiger partial charge in [0, 0.05) is 4.78 Å². The smallest absolute Gasteiger partial charge is 0.280 e. The molecule has 0 saturated carbocycles. The molecule has 0 unspecified atom stereocenters. The Morgan fingerprint density at radius 2 is 2.25 bits per heavy atom. The highest BCUT2D eigenvalue weighted by Gasteiger charge is 2.15. The Morgan fingerprint density at radius 3 is 2.50 bits per heavy atom. The molecule has 42 valence electrons. The van der Waals surface area contributed by atoms with Crippen LogP contribution in [0.4, 0.5) is 8.63 Å². The van der Waals surface area contributed by atoms with Crippen LogP contribution >= 0.6 is 11.3 Å². The molecule has 0 nitrogen and oxygen atoms in total. The van der Waals surface area contributed by atoms with Gasteiger partial charge in [0.25, 0.3) is 0 Å². The first-order valence-electron chi connectivity index (χ1n) is 2.12. The minimum absolute atomic E-state index is 0.144. The van der Waals surface area contributed by atoms with Crippen molar-refractivity contribution >= 4 is 23.4 Å². The van der Waals surface area contributed by atoms with Gasteiger partial charge in [0.1, 0.15) is 0 Å². The predicted octanol–water partition coefficient (Wildman–Crippen LogP) is 1.38. The van der Waals surface area contributed by atoms with Crippen molar-refractivity contribution in [3.05, 3.63) is 17.5 Å². The van der Waals surface area contributed by atoms with Gasteiger partial charge in [0.2, 0.25) is 0 Å². The Kier molecular flexibility index (Phi) is 1.63. The number of hydrogen-bond donors (Lipinski definition) is 0. The molecule has 0 aliphatic heterocycles. The van der Waals surface area contributed by atoms with Gasteiger partial charge in [-0.3, -0.25) is 8.63 Å². The summed E-state index contributed by atoms with van der Waals surface area (Å²) < 4.78 is 23.4. The lowest BCUT2D eigenvalue weighted by Crippen LogP contribution is -2.14. The second kappa shape index (κ2) is 2.26. The van der Waals surface area contributed by atoms with Crippen LogP contribution in [0.5, 0.6) is 0 Å². The molecular formula is C4H3BF2S. The monoisotopic (exact) mass is 132 g/mol. The highest BCUT2D eigenvalue weighted by atomic mass is 32.1. The molecule has 8 heavy (non-hydrogen) atoms. The van der Waals surface area contributed by atoms with E-state index in [0.717, 1.165) is 11.3 Å². The van der Waals surface area contributed by atoms with Crippen molar-refractivity contribution in [2.75, 3.05) is 0 Å². The zero-order valence-electron chi connectivity index (χ0n) is 3.97. The summed E-state index contributed by atoms with van der Waals surface area (Å²) in [6, 6.07) is 3.04.